The van der Waals surface area contributed by atoms with Crippen LogP contribution in [0.4, 0.5) is 14.5 Å². The molecule has 1 aromatic heterocycles. The molecule has 0 aliphatic heterocycles. The molecule has 0 fully saturated rings. The van der Waals surface area contributed by atoms with Crippen molar-refractivity contribution in [2.45, 2.75) is 0 Å². The fourth-order valence-corrected chi connectivity index (χ4v) is 2.10. The second-order valence-corrected chi connectivity index (χ2v) is 4.67. The molecule has 5 nitrogen and oxygen atoms in total. The van der Waals surface area contributed by atoms with Crippen molar-refractivity contribution in [1.29, 1.82) is 0 Å². The molecule has 2 aromatic carbocycles. The van der Waals surface area contributed by atoms with Gasteiger partial charge < -0.3 is 5.73 Å². The van der Waals surface area contributed by atoms with E-state index >= 15 is 0 Å². The van der Waals surface area contributed by atoms with Gasteiger partial charge in [-0.15, -0.1) is 5.10 Å². The van der Waals surface area contributed by atoms with Crippen LogP contribution in [0.15, 0.2) is 36.4 Å². The summed E-state index contributed by atoms with van der Waals surface area (Å²) >= 11 is 5.74. The van der Waals surface area contributed by atoms with Gasteiger partial charge in [0.05, 0.1) is 5.02 Å². The van der Waals surface area contributed by atoms with Gasteiger partial charge in [-0.25, -0.2) is 8.78 Å². The number of tetrazole rings is 1. The van der Waals surface area contributed by atoms with Crippen LogP contribution in [0.25, 0.3) is 17.1 Å². The van der Waals surface area contributed by atoms with Crippen LogP contribution in [-0.2, 0) is 0 Å². The lowest BCUT2D eigenvalue weighted by atomic mass is 10.2. The van der Waals surface area contributed by atoms with E-state index in [9.17, 15) is 8.78 Å². The summed E-state index contributed by atoms with van der Waals surface area (Å²) in [6.07, 6.45) is 0. The van der Waals surface area contributed by atoms with Crippen molar-refractivity contribution >= 4 is 17.3 Å². The maximum Gasteiger partial charge on any atom is 0.187 e. The Kier molecular flexibility index (Phi) is 3.26. The van der Waals surface area contributed by atoms with Gasteiger partial charge in [0.15, 0.2) is 11.6 Å². The molecule has 106 valence electrons. The second-order valence-electron chi connectivity index (χ2n) is 4.26. The molecule has 0 saturated heterocycles. The number of hydrogen-bond acceptors (Lipinski definition) is 4. The maximum atomic E-state index is 14.1. The molecule has 0 spiro atoms. The molecule has 0 bridgehead atoms. The lowest BCUT2D eigenvalue weighted by molar-refractivity contribution is 0.608. The summed E-state index contributed by atoms with van der Waals surface area (Å²) in [6.45, 7) is 0. The zero-order chi connectivity index (χ0) is 15.0. The number of benzene rings is 2. The van der Waals surface area contributed by atoms with Crippen molar-refractivity contribution in [2.24, 2.45) is 0 Å². The number of hydrogen-bond donors (Lipinski definition) is 1. The van der Waals surface area contributed by atoms with Crippen molar-refractivity contribution in [3.63, 3.8) is 0 Å². The van der Waals surface area contributed by atoms with E-state index in [4.69, 9.17) is 17.3 Å². The minimum Gasteiger partial charge on any atom is -0.399 e. The number of aromatic nitrogens is 4. The first kappa shape index (κ1) is 13.4. The number of nitrogen functional groups attached to an aromatic ring is 1. The van der Waals surface area contributed by atoms with Crippen LogP contribution in [0.2, 0.25) is 5.02 Å². The van der Waals surface area contributed by atoms with Crippen molar-refractivity contribution < 1.29 is 8.78 Å². The Hall–Kier alpha value is -2.54. The number of rotatable bonds is 2. The van der Waals surface area contributed by atoms with Crippen LogP contribution in [0.3, 0.4) is 0 Å². The summed E-state index contributed by atoms with van der Waals surface area (Å²) in [5.41, 5.74) is 6.20. The molecule has 1 heterocycles. The van der Waals surface area contributed by atoms with E-state index in [1.807, 2.05) is 0 Å². The molecular formula is C13H8ClF2N5. The number of nitrogens with zero attached hydrogens (tertiary/aromatic N) is 4. The van der Waals surface area contributed by atoms with E-state index in [1.165, 1.54) is 24.3 Å². The highest BCUT2D eigenvalue weighted by Crippen LogP contribution is 2.26. The summed E-state index contributed by atoms with van der Waals surface area (Å²) in [4.78, 5) is 0. The molecule has 0 saturated carbocycles. The van der Waals surface area contributed by atoms with Crippen LogP contribution in [0.1, 0.15) is 0 Å². The molecule has 8 heteroatoms. The van der Waals surface area contributed by atoms with Gasteiger partial charge in [0.25, 0.3) is 0 Å². The van der Waals surface area contributed by atoms with E-state index in [2.05, 4.69) is 15.5 Å². The quantitative estimate of drug-likeness (QED) is 0.739. The predicted molar refractivity (Wildman–Crippen MR) is 73.9 cm³/mol. The number of halogens is 3. The van der Waals surface area contributed by atoms with E-state index < -0.39 is 11.6 Å². The molecule has 0 unspecified atom stereocenters. The maximum absolute atomic E-state index is 14.1. The highest BCUT2D eigenvalue weighted by atomic mass is 35.5. The molecule has 0 radical (unpaired) electrons. The highest BCUT2D eigenvalue weighted by Gasteiger charge is 2.16. The number of nitrogens with two attached hydrogens (primary N) is 1. The van der Waals surface area contributed by atoms with Crippen molar-refractivity contribution in [3.05, 3.63) is 53.1 Å². The smallest absolute Gasteiger partial charge is 0.187 e. The molecule has 21 heavy (non-hydrogen) atoms. The molecule has 0 atom stereocenters. The predicted octanol–water partition coefficient (Wildman–Crippen LogP) is 2.84. The van der Waals surface area contributed by atoms with Gasteiger partial charge in [-0.2, -0.15) is 4.68 Å². The van der Waals surface area contributed by atoms with Gasteiger partial charge in [0, 0.05) is 11.3 Å². The Morgan fingerprint density at radius 3 is 2.71 bits per heavy atom. The van der Waals surface area contributed by atoms with Gasteiger partial charge in [-0.05, 0) is 40.8 Å². The largest absolute Gasteiger partial charge is 0.399 e. The first-order valence-electron chi connectivity index (χ1n) is 5.85. The molecule has 0 amide bonds. The third-order valence-electron chi connectivity index (χ3n) is 2.81. The lowest BCUT2D eigenvalue weighted by Gasteiger charge is -2.07. The van der Waals surface area contributed by atoms with Crippen LogP contribution in [0, 0.1) is 11.6 Å². The van der Waals surface area contributed by atoms with Gasteiger partial charge in [-0.1, -0.05) is 17.7 Å². The summed E-state index contributed by atoms with van der Waals surface area (Å²) in [7, 11) is 0. The topological polar surface area (TPSA) is 69.6 Å². The third-order valence-corrected chi connectivity index (χ3v) is 3.10. The highest BCUT2D eigenvalue weighted by molar-refractivity contribution is 6.30. The van der Waals surface area contributed by atoms with Gasteiger partial charge in [-0.3, -0.25) is 0 Å². The normalized spacial score (nSPS) is 10.8. The third kappa shape index (κ3) is 2.43. The summed E-state index contributed by atoms with van der Waals surface area (Å²) in [6, 6.07) is 8.30. The second kappa shape index (κ2) is 5.10. The SMILES string of the molecule is Nc1cc(F)cc(-c2nnnn2-c2cccc(Cl)c2F)c1. The zero-order valence-electron chi connectivity index (χ0n) is 10.5. The van der Waals surface area contributed by atoms with E-state index in [1.54, 1.807) is 6.07 Å². The zero-order valence-corrected chi connectivity index (χ0v) is 11.2. The average Bonchev–Trinajstić information content (AvgIpc) is 2.90. The molecule has 0 aliphatic rings. The summed E-state index contributed by atoms with van der Waals surface area (Å²) < 4.78 is 28.7. The van der Waals surface area contributed by atoms with Crippen LogP contribution >= 0.6 is 11.6 Å². The molecule has 3 aromatic rings. The monoisotopic (exact) mass is 307 g/mol. The fraction of sp³-hybridized carbons (Fsp3) is 0. The Bertz CT molecular complexity index is 798. The van der Waals surface area contributed by atoms with E-state index in [0.29, 0.717) is 5.56 Å². The lowest BCUT2D eigenvalue weighted by Crippen LogP contribution is -2.03. The van der Waals surface area contributed by atoms with E-state index in [-0.39, 0.29) is 22.2 Å². The van der Waals surface area contributed by atoms with Crippen LogP contribution in [0.5, 0.6) is 0 Å². The average molecular weight is 308 g/mol. The first-order valence-corrected chi connectivity index (χ1v) is 6.23. The van der Waals surface area contributed by atoms with Crippen molar-refractivity contribution in [2.75, 3.05) is 5.73 Å². The van der Waals surface area contributed by atoms with Gasteiger partial charge >= 0.3 is 0 Å². The molecular weight excluding hydrogens is 300 g/mol. The fourth-order valence-electron chi connectivity index (χ4n) is 1.93. The summed E-state index contributed by atoms with van der Waals surface area (Å²) in [5.74, 6) is -1.05. The Morgan fingerprint density at radius 2 is 1.95 bits per heavy atom. The molecule has 2 N–H and O–H groups in total. The van der Waals surface area contributed by atoms with Crippen LogP contribution < -0.4 is 5.73 Å². The first-order chi connectivity index (χ1) is 10.1. The van der Waals surface area contributed by atoms with Gasteiger partial charge in [0.1, 0.15) is 11.5 Å². The van der Waals surface area contributed by atoms with Crippen molar-refractivity contribution in [1.82, 2.24) is 20.2 Å². The van der Waals surface area contributed by atoms with Gasteiger partial charge in [0.2, 0.25) is 0 Å². The van der Waals surface area contributed by atoms with Crippen LogP contribution in [-0.4, -0.2) is 20.2 Å². The number of anilines is 1. The van der Waals surface area contributed by atoms with Crippen molar-refractivity contribution in [3.8, 4) is 17.1 Å². The minimum absolute atomic E-state index is 0.0605. The molecule has 3 rings (SSSR count). The Labute approximate surface area is 123 Å². The Balaban J connectivity index is 2.19. The Morgan fingerprint density at radius 1 is 1.14 bits per heavy atom. The standard InChI is InChI=1S/C13H8ClF2N5/c14-10-2-1-3-11(12(10)16)21-13(18-19-20-21)7-4-8(15)6-9(17)5-7/h1-6H,17H2. The summed E-state index contributed by atoms with van der Waals surface area (Å²) in [5, 5.41) is 10.9. The van der Waals surface area contributed by atoms with E-state index in [0.717, 1.165) is 10.7 Å². The molecule has 0 aliphatic carbocycles. The minimum atomic E-state index is -0.669.